The van der Waals surface area contributed by atoms with Gasteiger partial charge in [-0.25, -0.2) is 0 Å². The van der Waals surface area contributed by atoms with Crippen molar-refractivity contribution < 1.29 is 9.72 Å². The number of rotatable bonds is 5. The third-order valence-corrected chi connectivity index (χ3v) is 5.97. The van der Waals surface area contributed by atoms with Gasteiger partial charge < -0.3 is 5.32 Å². The molecule has 4 aromatic rings. The molecular weight excluding hydrogens is 428 g/mol. The lowest BCUT2D eigenvalue weighted by atomic mass is 10.0. The van der Waals surface area contributed by atoms with Crippen molar-refractivity contribution >= 4 is 45.6 Å². The number of non-ortho nitro benzene ring substituents is 1. The second kappa shape index (κ2) is 8.28. The van der Waals surface area contributed by atoms with Crippen LogP contribution in [0.25, 0.3) is 16.6 Å². The van der Waals surface area contributed by atoms with Gasteiger partial charge in [-0.2, -0.15) is 5.26 Å². The van der Waals surface area contributed by atoms with Gasteiger partial charge in [-0.1, -0.05) is 23.4 Å². The minimum atomic E-state index is -0.589. The number of hydrogen-bond acceptors (Lipinski definition) is 7. The Morgan fingerprint density at radius 3 is 2.69 bits per heavy atom. The van der Waals surface area contributed by atoms with E-state index in [9.17, 15) is 20.2 Å². The third-order valence-electron chi connectivity index (χ3n) is 5.04. The van der Waals surface area contributed by atoms with Gasteiger partial charge in [-0.3, -0.25) is 19.3 Å². The maximum Gasteiger partial charge on any atom is 0.270 e. The van der Waals surface area contributed by atoms with Crippen LogP contribution in [-0.4, -0.2) is 31.2 Å². The van der Waals surface area contributed by atoms with Crippen LogP contribution in [0.4, 0.5) is 11.4 Å². The molecule has 0 aliphatic rings. The van der Waals surface area contributed by atoms with Gasteiger partial charge in [0.05, 0.1) is 27.4 Å². The van der Waals surface area contributed by atoms with Gasteiger partial charge in [-0.15, -0.1) is 10.2 Å². The van der Waals surface area contributed by atoms with Crippen LogP contribution in [0.2, 0.25) is 0 Å². The van der Waals surface area contributed by atoms with Crippen LogP contribution in [-0.2, 0) is 4.79 Å². The molecular formula is C22H18N6O3S. The first-order chi connectivity index (χ1) is 15.3. The normalized spacial score (nSPS) is 10.9. The number of pyridine rings is 1. The number of benzene rings is 2. The van der Waals surface area contributed by atoms with Gasteiger partial charge in [0.25, 0.3) is 5.69 Å². The van der Waals surface area contributed by atoms with Gasteiger partial charge in [0.2, 0.25) is 5.91 Å². The fourth-order valence-corrected chi connectivity index (χ4v) is 4.42. The third kappa shape index (κ3) is 3.86. The smallest absolute Gasteiger partial charge is 0.270 e. The number of nitrogens with zero attached hydrogens (tertiary/aromatic N) is 5. The Hall–Kier alpha value is -3.97. The van der Waals surface area contributed by atoms with Crippen molar-refractivity contribution in [2.24, 2.45) is 0 Å². The Morgan fingerprint density at radius 1 is 1.19 bits per heavy atom. The maximum atomic E-state index is 12.5. The number of thioether (sulfide) groups is 1. The van der Waals surface area contributed by atoms with Crippen LogP contribution in [0.1, 0.15) is 22.3 Å². The summed E-state index contributed by atoms with van der Waals surface area (Å²) in [5.41, 5.74) is 5.09. The van der Waals surface area contributed by atoms with Crippen molar-refractivity contribution in [3.63, 3.8) is 0 Å². The van der Waals surface area contributed by atoms with Gasteiger partial charge >= 0.3 is 0 Å². The Balaban J connectivity index is 1.60. The first-order valence-electron chi connectivity index (χ1n) is 9.65. The zero-order valence-electron chi connectivity index (χ0n) is 17.5. The van der Waals surface area contributed by atoms with E-state index in [0.29, 0.717) is 10.8 Å². The average Bonchev–Trinajstić information content (AvgIpc) is 3.14. The lowest BCUT2D eigenvalue weighted by Gasteiger charge is -2.11. The molecule has 0 saturated heterocycles. The van der Waals surface area contributed by atoms with E-state index >= 15 is 0 Å². The number of fused-ring (bicyclic) bond motifs is 3. The fourth-order valence-electron chi connectivity index (χ4n) is 3.67. The van der Waals surface area contributed by atoms with E-state index in [1.165, 1.54) is 23.9 Å². The summed E-state index contributed by atoms with van der Waals surface area (Å²) < 4.78 is 1.95. The molecule has 1 amide bonds. The standard InChI is InChI=1S/C22H18N6O3S/c1-12-6-14(3)21-17(7-12)13(2)8-19-25-26-22(27(19)21)32-11-20(29)24-18-5-4-16(28(30)31)9-15(18)10-23/h4-9H,11H2,1-3H3,(H,24,29). The Labute approximate surface area is 187 Å². The molecule has 10 heteroatoms. The molecule has 0 saturated carbocycles. The number of hydrogen-bond donors (Lipinski definition) is 1. The number of nitrogens with one attached hydrogen (secondary N) is 1. The van der Waals surface area contributed by atoms with Crippen LogP contribution in [0, 0.1) is 42.2 Å². The quantitative estimate of drug-likeness (QED) is 0.275. The molecule has 32 heavy (non-hydrogen) atoms. The predicted molar refractivity (Wildman–Crippen MR) is 122 cm³/mol. The number of carbonyl (C=O) groups excluding carboxylic acids is 1. The predicted octanol–water partition coefficient (Wildman–Crippen LogP) is 4.32. The summed E-state index contributed by atoms with van der Waals surface area (Å²) in [7, 11) is 0. The minimum Gasteiger partial charge on any atom is -0.324 e. The average molecular weight is 446 g/mol. The number of nitro benzene ring substituents is 1. The molecule has 160 valence electrons. The highest BCUT2D eigenvalue weighted by molar-refractivity contribution is 7.99. The summed E-state index contributed by atoms with van der Waals surface area (Å²) in [6.45, 7) is 6.12. The van der Waals surface area contributed by atoms with Crippen molar-refractivity contribution in [3.8, 4) is 6.07 Å². The van der Waals surface area contributed by atoms with Crippen molar-refractivity contribution in [3.05, 3.63) is 68.8 Å². The summed E-state index contributed by atoms with van der Waals surface area (Å²) >= 11 is 1.23. The number of carbonyl (C=O) groups is 1. The Morgan fingerprint density at radius 2 is 1.97 bits per heavy atom. The second-order valence-corrected chi connectivity index (χ2v) is 8.36. The number of amides is 1. The van der Waals surface area contributed by atoms with E-state index in [4.69, 9.17) is 0 Å². The van der Waals surface area contributed by atoms with Crippen LogP contribution in [0.3, 0.4) is 0 Å². The van der Waals surface area contributed by atoms with E-state index in [1.807, 2.05) is 30.4 Å². The van der Waals surface area contributed by atoms with Crippen LogP contribution in [0.5, 0.6) is 0 Å². The molecule has 2 heterocycles. The van der Waals surface area contributed by atoms with Crippen LogP contribution < -0.4 is 5.32 Å². The largest absolute Gasteiger partial charge is 0.324 e. The summed E-state index contributed by atoms with van der Waals surface area (Å²) in [5.74, 6) is -0.329. The summed E-state index contributed by atoms with van der Waals surface area (Å²) in [5, 5.41) is 33.0. The highest BCUT2D eigenvalue weighted by Gasteiger charge is 2.17. The van der Waals surface area contributed by atoms with Gasteiger partial charge in [0.1, 0.15) is 6.07 Å². The lowest BCUT2D eigenvalue weighted by molar-refractivity contribution is -0.384. The first kappa shape index (κ1) is 21.3. The SMILES string of the molecule is Cc1cc(C)c2c(c1)c(C)cc1nnc(SCC(=O)Nc3ccc([N+](=O)[O-])cc3C#N)n12. The van der Waals surface area contributed by atoms with Gasteiger partial charge in [-0.05, 0) is 50.1 Å². The highest BCUT2D eigenvalue weighted by Crippen LogP contribution is 2.29. The lowest BCUT2D eigenvalue weighted by Crippen LogP contribution is -2.15. The molecule has 0 unspecified atom stereocenters. The molecule has 0 aliphatic heterocycles. The molecule has 1 N–H and O–H groups in total. The zero-order valence-corrected chi connectivity index (χ0v) is 18.4. The Bertz CT molecular complexity index is 1450. The van der Waals surface area contributed by atoms with E-state index in [0.717, 1.165) is 33.7 Å². The first-order valence-corrected chi connectivity index (χ1v) is 10.6. The number of nitro groups is 1. The van der Waals surface area contributed by atoms with Gasteiger partial charge in [0, 0.05) is 17.5 Å². The molecule has 4 rings (SSSR count). The van der Waals surface area contributed by atoms with E-state index < -0.39 is 4.92 Å². The van der Waals surface area contributed by atoms with E-state index in [-0.39, 0.29) is 28.6 Å². The van der Waals surface area contributed by atoms with Crippen LogP contribution in [0.15, 0.2) is 41.6 Å². The topological polar surface area (TPSA) is 126 Å². The molecule has 0 bridgehead atoms. The summed E-state index contributed by atoms with van der Waals surface area (Å²) in [6.07, 6.45) is 0. The fraction of sp³-hybridized carbons (Fsp3) is 0.182. The Kier molecular flexibility index (Phi) is 5.50. The molecule has 2 aromatic heterocycles. The number of anilines is 1. The number of aryl methyl sites for hydroxylation is 3. The van der Waals surface area contributed by atoms with E-state index in [1.54, 1.807) is 0 Å². The van der Waals surface area contributed by atoms with Crippen molar-refractivity contribution in [1.29, 1.82) is 5.26 Å². The molecule has 2 aromatic carbocycles. The monoisotopic (exact) mass is 446 g/mol. The van der Waals surface area contributed by atoms with Crippen LogP contribution >= 0.6 is 11.8 Å². The number of aromatic nitrogens is 3. The summed E-state index contributed by atoms with van der Waals surface area (Å²) in [4.78, 5) is 22.8. The van der Waals surface area contributed by atoms with Crippen molar-refractivity contribution in [1.82, 2.24) is 14.6 Å². The highest BCUT2D eigenvalue weighted by atomic mass is 32.2. The number of nitriles is 1. The van der Waals surface area contributed by atoms with Gasteiger partial charge in [0.15, 0.2) is 10.8 Å². The van der Waals surface area contributed by atoms with Crippen molar-refractivity contribution in [2.45, 2.75) is 25.9 Å². The zero-order chi connectivity index (χ0) is 23.0. The molecule has 0 atom stereocenters. The molecule has 0 radical (unpaired) electrons. The maximum absolute atomic E-state index is 12.5. The minimum absolute atomic E-state index is 0.0259. The van der Waals surface area contributed by atoms with Crippen molar-refractivity contribution in [2.75, 3.05) is 11.1 Å². The second-order valence-electron chi connectivity index (χ2n) is 7.42. The molecule has 9 nitrogen and oxygen atoms in total. The molecule has 0 fully saturated rings. The molecule has 0 aliphatic carbocycles. The summed E-state index contributed by atoms with van der Waals surface area (Å²) in [6, 6.07) is 11.8. The van der Waals surface area contributed by atoms with E-state index in [2.05, 4.69) is 34.6 Å². The molecule has 0 spiro atoms.